The fourth-order valence-electron chi connectivity index (χ4n) is 1.58. The molecule has 0 heterocycles. The Hall–Kier alpha value is -1.36. The first-order valence-corrected chi connectivity index (χ1v) is 4.98. The van der Waals surface area contributed by atoms with Crippen molar-refractivity contribution in [2.45, 2.75) is 25.6 Å². The number of benzene rings is 1. The first-order valence-electron chi connectivity index (χ1n) is 4.98. The molecule has 1 rings (SSSR count). The van der Waals surface area contributed by atoms with Gasteiger partial charge in [0.2, 0.25) is 0 Å². The molecule has 1 aromatic rings. The normalized spacial score (nSPS) is 13.5. The zero-order valence-corrected chi connectivity index (χ0v) is 9.31. The van der Waals surface area contributed by atoms with E-state index in [0.717, 1.165) is 12.1 Å². The van der Waals surface area contributed by atoms with Crippen molar-refractivity contribution < 1.29 is 17.6 Å². The van der Waals surface area contributed by atoms with Gasteiger partial charge >= 0.3 is 6.18 Å². The minimum Gasteiger partial charge on any atom is -0.324 e. The Morgan fingerprint density at radius 1 is 1.41 bits per heavy atom. The molecule has 0 saturated heterocycles. The van der Waals surface area contributed by atoms with Gasteiger partial charge in [-0.25, -0.2) is 4.39 Å². The van der Waals surface area contributed by atoms with E-state index in [2.05, 4.69) is 6.58 Å². The number of hydrogen-bond donors (Lipinski definition) is 1. The molecule has 0 saturated carbocycles. The largest absolute Gasteiger partial charge is 0.416 e. The molecule has 0 unspecified atom stereocenters. The van der Waals surface area contributed by atoms with Crippen LogP contribution in [0.2, 0.25) is 0 Å². The van der Waals surface area contributed by atoms with Crippen LogP contribution in [0.25, 0.3) is 0 Å². The summed E-state index contributed by atoms with van der Waals surface area (Å²) in [5.74, 6) is -0.731. The lowest BCUT2D eigenvalue weighted by molar-refractivity contribution is -0.138. The van der Waals surface area contributed by atoms with Crippen LogP contribution in [-0.2, 0) is 6.18 Å². The summed E-state index contributed by atoms with van der Waals surface area (Å²) in [6.07, 6.45) is -4.34. The highest BCUT2D eigenvalue weighted by Crippen LogP contribution is 2.35. The van der Waals surface area contributed by atoms with Gasteiger partial charge in [-0.2, -0.15) is 13.2 Å². The van der Waals surface area contributed by atoms with Gasteiger partial charge in [0.25, 0.3) is 0 Å². The van der Waals surface area contributed by atoms with Gasteiger partial charge in [0.15, 0.2) is 0 Å². The molecule has 1 nitrogen and oxygen atoms in total. The van der Waals surface area contributed by atoms with Crippen molar-refractivity contribution in [3.05, 3.63) is 47.3 Å². The van der Waals surface area contributed by atoms with Gasteiger partial charge in [-0.1, -0.05) is 5.57 Å². The van der Waals surface area contributed by atoms with Gasteiger partial charge in [-0.3, -0.25) is 0 Å². The van der Waals surface area contributed by atoms with Crippen LogP contribution >= 0.6 is 0 Å². The maximum absolute atomic E-state index is 13.0. The van der Waals surface area contributed by atoms with Crippen LogP contribution < -0.4 is 5.73 Å². The number of halogens is 4. The van der Waals surface area contributed by atoms with E-state index >= 15 is 0 Å². The monoisotopic (exact) mass is 247 g/mol. The van der Waals surface area contributed by atoms with Crippen LogP contribution in [0.4, 0.5) is 17.6 Å². The van der Waals surface area contributed by atoms with Crippen LogP contribution in [0.15, 0.2) is 30.4 Å². The Kier molecular flexibility index (Phi) is 3.93. The van der Waals surface area contributed by atoms with E-state index in [1.165, 1.54) is 0 Å². The summed E-state index contributed by atoms with van der Waals surface area (Å²) < 4.78 is 51.0. The third kappa shape index (κ3) is 3.56. The maximum Gasteiger partial charge on any atom is 0.416 e. The molecule has 0 bridgehead atoms. The topological polar surface area (TPSA) is 26.0 Å². The predicted molar refractivity (Wildman–Crippen MR) is 57.8 cm³/mol. The SMILES string of the molecule is C=C(C)C[C@@H](N)c1cc(F)ccc1C(F)(F)F. The summed E-state index contributed by atoms with van der Waals surface area (Å²) in [6.45, 7) is 5.24. The third-order valence-corrected chi connectivity index (χ3v) is 2.29. The van der Waals surface area contributed by atoms with E-state index < -0.39 is 23.6 Å². The van der Waals surface area contributed by atoms with Crippen molar-refractivity contribution in [3.8, 4) is 0 Å². The quantitative estimate of drug-likeness (QED) is 0.638. The van der Waals surface area contributed by atoms with Crippen LogP contribution in [0.5, 0.6) is 0 Å². The minimum atomic E-state index is -4.53. The van der Waals surface area contributed by atoms with Gasteiger partial charge in [0, 0.05) is 6.04 Å². The van der Waals surface area contributed by atoms with E-state index in [4.69, 9.17) is 5.73 Å². The lowest BCUT2D eigenvalue weighted by Gasteiger charge is -2.18. The molecule has 1 atom stereocenters. The molecule has 0 spiro atoms. The fraction of sp³-hybridized carbons (Fsp3) is 0.333. The first kappa shape index (κ1) is 13.7. The molecule has 0 aliphatic carbocycles. The molecule has 0 aromatic heterocycles. The van der Waals surface area contributed by atoms with E-state index in [1.807, 2.05) is 0 Å². The molecule has 94 valence electrons. The van der Waals surface area contributed by atoms with Crippen molar-refractivity contribution in [1.82, 2.24) is 0 Å². The molecule has 0 aliphatic rings. The highest BCUT2D eigenvalue weighted by Gasteiger charge is 2.34. The summed E-state index contributed by atoms with van der Waals surface area (Å²) in [6, 6.07) is 1.42. The molecule has 2 N–H and O–H groups in total. The zero-order valence-electron chi connectivity index (χ0n) is 9.31. The van der Waals surface area contributed by atoms with Crippen LogP contribution in [0, 0.1) is 5.82 Å². The van der Waals surface area contributed by atoms with E-state index in [1.54, 1.807) is 6.92 Å². The Bertz CT molecular complexity index is 423. The Morgan fingerprint density at radius 3 is 2.47 bits per heavy atom. The summed E-state index contributed by atoms with van der Waals surface area (Å²) in [5.41, 5.74) is 5.15. The number of nitrogens with two attached hydrogens (primary N) is 1. The summed E-state index contributed by atoms with van der Waals surface area (Å²) in [5, 5.41) is 0. The van der Waals surface area contributed by atoms with Crippen molar-refractivity contribution in [2.24, 2.45) is 5.73 Å². The number of hydrogen-bond acceptors (Lipinski definition) is 1. The second-order valence-electron chi connectivity index (χ2n) is 4.00. The highest BCUT2D eigenvalue weighted by atomic mass is 19.4. The van der Waals surface area contributed by atoms with E-state index in [9.17, 15) is 17.6 Å². The minimum absolute atomic E-state index is 0.187. The molecule has 5 heteroatoms. The van der Waals surface area contributed by atoms with Crippen molar-refractivity contribution in [2.75, 3.05) is 0 Å². The molecule has 0 radical (unpaired) electrons. The lowest BCUT2D eigenvalue weighted by atomic mass is 9.96. The smallest absolute Gasteiger partial charge is 0.324 e. The fourth-order valence-corrected chi connectivity index (χ4v) is 1.58. The molecule has 0 amide bonds. The lowest BCUT2D eigenvalue weighted by Crippen LogP contribution is -2.18. The number of alkyl halides is 3. The van der Waals surface area contributed by atoms with Crippen molar-refractivity contribution >= 4 is 0 Å². The summed E-state index contributed by atoms with van der Waals surface area (Å²) >= 11 is 0. The molecule has 17 heavy (non-hydrogen) atoms. The number of rotatable bonds is 3. The van der Waals surface area contributed by atoms with E-state index in [0.29, 0.717) is 11.6 Å². The van der Waals surface area contributed by atoms with Crippen LogP contribution in [0.3, 0.4) is 0 Å². The van der Waals surface area contributed by atoms with Gasteiger partial charge < -0.3 is 5.73 Å². The average Bonchev–Trinajstić information content (AvgIpc) is 2.14. The van der Waals surface area contributed by atoms with Crippen molar-refractivity contribution in [1.29, 1.82) is 0 Å². The van der Waals surface area contributed by atoms with Crippen molar-refractivity contribution in [3.63, 3.8) is 0 Å². The summed E-state index contributed by atoms with van der Waals surface area (Å²) in [4.78, 5) is 0. The molecule has 1 aromatic carbocycles. The van der Waals surface area contributed by atoms with Crippen LogP contribution in [0.1, 0.15) is 30.5 Å². The molecular formula is C12H13F4N. The Morgan fingerprint density at radius 2 is 2.00 bits per heavy atom. The Labute approximate surface area is 96.9 Å². The third-order valence-electron chi connectivity index (χ3n) is 2.29. The molecule has 0 fully saturated rings. The Balaban J connectivity index is 3.20. The molecular weight excluding hydrogens is 234 g/mol. The zero-order chi connectivity index (χ0) is 13.2. The average molecular weight is 247 g/mol. The predicted octanol–water partition coefficient (Wildman–Crippen LogP) is 3.81. The molecule has 0 aliphatic heterocycles. The highest BCUT2D eigenvalue weighted by molar-refractivity contribution is 5.33. The van der Waals surface area contributed by atoms with Gasteiger partial charge in [0.1, 0.15) is 5.82 Å². The second-order valence-corrected chi connectivity index (χ2v) is 4.00. The van der Waals surface area contributed by atoms with Gasteiger partial charge in [-0.05, 0) is 37.1 Å². The van der Waals surface area contributed by atoms with Crippen LogP contribution in [-0.4, -0.2) is 0 Å². The standard InChI is InChI=1S/C12H13F4N/c1-7(2)5-11(17)9-6-8(13)3-4-10(9)12(14,15)16/h3-4,6,11H,1,5,17H2,2H3/t11-/m1/s1. The van der Waals surface area contributed by atoms with Gasteiger partial charge in [-0.15, -0.1) is 6.58 Å². The first-order chi connectivity index (χ1) is 7.71. The van der Waals surface area contributed by atoms with Gasteiger partial charge in [0.05, 0.1) is 5.56 Å². The maximum atomic E-state index is 13.0. The van der Waals surface area contributed by atoms with E-state index in [-0.39, 0.29) is 12.0 Å². The second kappa shape index (κ2) is 4.87. The summed E-state index contributed by atoms with van der Waals surface area (Å²) in [7, 11) is 0.